The minimum atomic E-state index is -2.48. The molecule has 0 bridgehead atoms. The first-order valence-electron chi connectivity index (χ1n) is 19.4. The number of nitro benzene ring substituents is 1. The maximum absolute atomic E-state index is 15.3. The SMILES string of the molecule is COc1ccc([Si](C)(C)[C@H]2[C@H](CCn3cc(CCO)nn3)O[C@@]3(C(=O)N(Cc4ccc(N5C(=O)CCc6ccccc65)cc4)c4ccc([N+](=O)[O-])cc43)[C@@H]2C)cc1. The Labute approximate surface area is 332 Å². The molecule has 1 fully saturated rings. The van der Waals surface area contributed by atoms with Crippen molar-refractivity contribution in [3.8, 4) is 5.75 Å². The normalized spacial score (nSPS) is 21.6. The van der Waals surface area contributed by atoms with Crippen LogP contribution < -0.4 is 19.7 Å². The summed E-state index contributed by atoms with van der Waals surface area (Å²) in [6.07, 6.45) is 3.45. The Morgan fingerprint density at radius 3 is 2.47 bits per heavy atom. The van der Waals surface area contributed by atoms with E-state index in [-0.39, 0.29) is 42.1 Å². The quantitative estimate of drug-likeness (QED) is 0.0886. The first-order valence-corrected chi connectivity index (χ1v) is 22.5. The molecule has 13 nitrogen and oxygen atoms in total. The van der Waals surface area contributed by atoms with Gasteiger partial charge >= 0.3 is 0 Å². The van der Waals surface area contributed by atoms with Crippen LogP contribution in [-0.2, 0) is 45.9 Å². The summed E-state index contributed by atoms with van der Waals surface area (Å²) in [5.74, 6) is 0.159. The molecule has 3 aliphatic rings. The Hall–Kier alpha value is -5.70. The third kappa shape index (κ3) is 6.60. The fraction of sp³-hybridized carbons (Fsp3) is 0.349. The van der Waals surface area contributed by atoms with Crippen LogP contribution in [0.2, 0.25) is 18.6 Å². The third-order valence-electron chi connectivity index (χ3n) is 12.3. The Kier molecular flexibility index (Phi) is 10.0. The lowest BCUT2D eigenvalue weighted by atomic mass is 9.82. The van der Waals surface area contributed by atoms with Crippen LogP contribution in [-0.4, -0.2) is 64.7 Å². The highest BCUT2D eigenvalue weighted by atomic mass is 28.3. The largest absolute Gasteiger partial charge is 0.497 e. The Bertz CT molecular complexity index is 2330. The number of non-ortho nitro benzene ring substituents is 1. The molecule has 0 aliphatic carbocycles. The zero-order chi connectivity index (χ0) is 40.1. The van der Waals surface area contributed by atoms with E-state index < -0.39 is 24.7 Å². The number of hydrogen-bond acceptors (Lipinski definition) is 9. The molecule has 8 rings (SSSR count). The number of nitro groups is 1. The number of fused-ring (bicyclic) bond motifs is 3. The van der Waals surface area contributed by atoms with Crippen molar-refractivity contribution >= 4 is 47.8 Å². The van der Waals surface area contributed by atoms with Gasteiger partial charge in [-0.05, 0) is 65.9 Å². The highest BCUT2D eigenvalue weighted by Crippen LogP contribution is 2.60. The van der Waals surface area contributed by atoms with Crippen LogP contribution in [0.25, 0.3) is 0 Å². The molecular weight excluding hydrogens is 741 g/mol. The number of aliphatic hydroxyl groups is 1. The zero-order valence-electron chi connectivity index (χ0n) is 32.5. The second kappa shape index (κ2) is 15.0. The van der Waals surface area contributed by atoms with Crippen molar-refractivity contribution in [1.82, 2.24) is 15.0 Å². The molecule has 3 aliphatic heterocycles. The number of anilines is 3. The number of rotatable bonds is 12. The van der Waals surface area contributed by atoms with E-state index in [0.717, 1.165) is 28.3 Å². The number of amides is 2. The van der Waals surface area contributed by atoms with Crippen LogP contribution in [0.3, 0.4) is 0 Å². The molecule has 1 N–H and O–H groups in total. The fourth-order valence-corrected chi connectivity index (χ4v) is 13.5. The van der Waals surface area contributed by atoms with Gasteiger partial charge in [-0.1, -0.05) is 72.9 Å². The summed E-state index contributed by atoms with van der Waals surface area (Å²) in [5.41, 5.74) is 3.65. The predicted molar refractivity (Wildman–Crippen MR) is 218 cm³/mol. The van der Waals surface area contributed by atoms with Gasteiger partial charge in [0.25, 0.3) is 11.6 Å². The molecule has 0 saturated carbocycles. The summed E-state index contributed by atoms with van der Waals surface area (Å²) in [4.78, 5) is 43.7. The van der Waals surface area contributed by atoms with E-state index in [1.165, 1.54) is 17.3 Å². The molecule has 1 saturated heterocycles. The molecule has 4 atom stereocenters. The van der Waals surface area contributed by atoms with E-state index in [4.69, 9.17) is 9.47 Å². The zero-order valence-corrected chi connectivity index (χ0v) is 33.5. The van der Waals surface area contributed by atoms with E-state index in [9.17, 15) is 20.0 Å². The van der Waals surface area contributed by atoms with Gasteiger partial charge in [0, 0.05) is 61.5 Å². The van der Waals surface area contributed by atoms with Crippen molar-refractivity contribution in [1.29, 1.82) is 0 Å². The molecule has 2 amide bonds. The molecule has 57 heavy (non-hydrogen) atoms. The van der Waals surface area contributed by atoms with Crippen LogP contribution in [0.5, 0.6) is 5.75 Å². The van der Waals surface area contributed by atoms with Crippen molar-refractivity contribution in [3.05, 3.63) is 130 Å². The van der Waals surface area contributed by atoms with Crippen LogP contribution in [0.4, 0.5) is 22.7 Å². The summed E-state index contributed by atoms with van der Waals surface area (Å²) >= 11 is 0. The van der Waals surface area contributed by atoms with Crippen molar-refractivity contribution < 1.29 is 29.1 Å². The van der Waals surface area contributed by atoms with Gasteiger partial charge in [-0.25, -0.2) is 0 Å². The van der Waals surface area contributed by atoms with Gasteiger partial charge in [0.05, 0.1) is 49.8 Å². The van der Waals surface area contributed by atoms with Gasteiger partial charge in [0.2, 0.25) is 5.91 Å². The lowest BCUT2D eigenvalue weighted by Crippen LogP contribution is -2.51. The maximum Gasteiger partial charge on any atom is 0.269 e. The number of aryl methyl sites for hydroxylation is 2. The van der Waals surface area contributed by atoms with Crippen LogP contribution in [0.1, 0.15) is 42.1 Å². The van der Waals surface area contributed by atoms with Crippen LogP contribution >= 0.6 is 0 Å². The molecule has 4 heterocycles. The molecular formula is C43H46N6O7Si. The minimum absolute atomic E-state index is 0.0284. The lowest BCUT2D eigenvalue weighted by molar-refractivity contribution is -0.385. The second-order valence-corrected chi connectivity index (χ2v) is 20.5. The van der Waals surface area contributed by atoms with E-state index in [1.54, 1.807) is 27.7 Å². The van der Waals surface area contributed by atoms with E-state index >= 15 is 4.79 Å². The number of carbonyl (C=O) groups excluding carboxylic acids is 2. The van der Waals surface area contributed by atoms with Gasteiger partial charge < -0.3 is 19.5 Å². The highest BCUT2D eigenvalue weighted by Gasteiger charge is 2.66. The molecule has 5 aromatic rings. The number of hydrogen-bond donors (Lipinski definition) is 1. The first-order chi connectivity index (χ1) is 27.5. The molecule has 14 heteroatoms. The van der Waals surface area contributed by atoms with Crippen molar-refractivity contribution in [2.24, 2.45) is 5.92 Å². The number of para-hydroxylation sites is 1. The highest BCUT2D eigenvalue weighted by molar-refractivity contribution is 6.91. The van der Waals surface area contributed by atoms with E-state index in [1.807, 2.05) is 66.9 Å². The molecule has 294 valence electrons. The number of nitrogens with zero attached hydrogens (tertiary/aromatic N) is 6. The van der Waals surface area contributed by atoms with Crippen molar-refractivity contribution in [2.45, 2.75) is 76.0 Å². The Balaban J connectivity index is 1.16. The number of benzene rings is 4. The average molecular weight is 787 g/mol. The summed E-state index contributed by atoms with van der Waals surface area (Å²) in [6, 6.07) is 28.3. The van der Waals surface area contributed by atoms with Gasteiger partial charge in [-0.2, -0.15) is 0 Å². The summed E-state index contributed by atoms with van der Waals surface area (Å²) in [6.45, 7) is 7.27. The van der Waals surface area contributed by atoms with Gasteiger partial charge in [0.1, 0.15) is 5.75 Å². The monoisotopic (exact) mass is 786 g/mol. The topological polar surface area (TPSA) is 153 Å². The Morgan fingerprint density at radius 1 is 1.00 bits per heavy atom. The summed E-state index contributed by atoms with van der Waals surface area (Å²) < 4.78 is 14.4. The smallest absolute Gasteiger partial charge is 0.269 e. The van der Waals surface area contributed by atoms with Gasteiger partial charge in [-0.15, -0.1) is 5.10 Å². The lowest BCUT2D eigenvalue weighted by Gasteiger charge is -2.37. The molecule has 4 aromatic carbocycles. The molecule has 1 aromatic heterocycles. The van der Waals surface area contributed by atoms with E-state index in [0.29, 0.717) is 49.2 Å². The standard InChI is InChI=1S/C43H46N6O7Si/c1-28-41(57(3,4)35-17-15-34(55-2)16-18-35)39(21-23-46-27-31(22-24-50)44-45-46)56-43(28)36-25-33(49(53)54)14-19-38(36)47(42(43)52)26-29-9-12-32(13-10-29)48-37-8-6-5-7-30(37)11-20-40(48)51/h5-10,12-19,25,27-28,39,41,50H,11,20-24,26H2,1-4H3/t28-,39+,41-,43+/m1/s1. The van der Waals surface area contributed by atoms with Crippen LogP contribution in [0, 0.1) is 16.0 Å². The molecule has 0 radical (unpaired) electrons. The van der Waals surface area contributed by atoms with Crippen molar-refractivity contribution in [2.75, 3.05) is 23.5 Å². The molecule has 1 spiro atoms. The number of carbonyl (C=O) groups is 2. The molecule has 0 unspecified atom stereocenters. The average Bonchev–Trinajstić information content (AvgIpc) is 3.87. The predicted octanol–water partition coefficient (Wildman–Crippen LogP) is 6.19. The van der Waals surface area contributed by atoms with Gasteiger partial charge in [0.15, 0.2) is 5.60 Å². The van der Waals surface area contributed by atoms with Crippen molar-refractivity contribution in [3.63, 3.8) is 0 Å². The van der Waals surface area contributed by atoms with Gasteiger partial charge in [-0.3, -0.25) is 29.3 Å². The maximum atomic E-state index is 15.3. The Morgan fingerprint density at radius 2 is 1.75 bits per heavy atom. The van der Waals surface area contributed by atoms with E-state index in [2.05, 4.69) is 42.5 Å². The second-order valence-electron chi connectivity index (χ2n) is 15.8. The minimum Gasteiger partial charge on any atom is -0.497 e. The third-order valence-corrected chi connectivity index (χ3v) is 16.6. The number of ether oxygens (including phenoxy) is 2. The number of aliphatic hydroxyl groups excluding tert-OH is 1. The van der Waals surface area contributed by atoms with Crippen LogP contribution in [0.15, 0.2) is 97.2 Å². The first kappa shape index (κ1) is 38.2. The number of methoxy groups -OCH3 is 1. The summed E-state index contributed by atoms with van der Waals surface area (Å²) in [7, 11) is -0.843. The fourth-order valence-electron chi connectivity index (χ4n) is 9.42. The number of aromatic nitrogens is 3. The summed E-state index contributed by atoms with van der Waals surface area (Å²) in [5, 5.41) is 31.3.